The first-order valence-corrected chi connectivity index (χ1v) is 20.5. The van der Waals surface area contributed by atoms with Gasteiger partial charge in [-0.05, 0) is 52.6 Å². The lowest BCUT2D eigenvalue weighted by atomic mass is 9.70. The van der Waals surface area contributed by atoms with E-state index in [1.54, 1.807) is 0 Å². The van der Waals surface area contributed by atoms with Crippen LogP contribution in [0.2, 0.25) is 0 Å². The summed E-state index contributed by atoms with van der Waals surface area (Å²) in [6, 6.07) is 60.4. The molecule has 0 N–H and O–H groups in total. The highest BCUT2D eigenvalue weighted by Gasteiger charge is 2.48. The molecule has 2 heterocycles. The molecule has 0 bridgehead atoms. The molecule has 3 nitrogen and oxygen atoms in total. The van der Waals surface area contributed by atoms with Crippen molar-refractivity contribution in [2.45, 2.75) is 49.5 Å². The molecule has 1 unspecified atom stereocenters. The number of aromatic nitrogens is 2. The van der Waals surface area contributed by atoms with Gasteiger partial charge in [-0.2, -0.15) is 0 Å². The molecule has 1 fully saturated rings. The first-order valence-electron chi connectivity index (χ1n) is 20.5. The lowest BCUT2D eigenvalue weighted by Crippen LogP contribution is -2.35. The van der Waals surface area contributed by atoms with Crippen LogP contribution in [0.25, 0.3) is 61.9 Å². The van der Waals surface area contributed by atoms with Crippen molar-refractivity contribution in [3.8, 4) is 50.8 Å². The Bertz CT molecular complexity index is 2740. The van der Waals surface area contributed by atoms with E-state index in [0.29, 0.717) is 5.82 Å². The van der Waals surface area contributed by atoms with E-state index in [4.69, 9.17) is 14.7 Å². The monoisotopic (exact) mass is 734 g/mol. The Labute approximate surface area is 334 Å². The predicted octanol–water partition coefficient (Wildman–Crippen LogP) is 13.6. The molecule has 57 heavy (non-hydrogen) atoms. The lowest BCUT2D eigenvalue weighted by Gasteiger charge is -2.39. The maximum absolute atomic E-state index is 7.68. The molecule has 1 aliphatic heterocycles. The molecule has 0 amide bonds. The van der Waals surface area contributed by atoms with Crippen LogP contribution < -0.4 is 4.74 Å². The van der Waals surface area contributed by atoms with Crippen molar-refractivity contribution in [1.29, 1.82) is 0 Å². The molecule has 1 spiro atoms. The summed E-state index contributed by atoms with van der Waals surface area (Å²) in [4.78, 5) is 10.2. The van der Waals surface area contributed by atoms with Gasteiger partial charge in [-0.1, -0.05) is 196 Å². The van der Waals surface area contributed by atoms with Crippen LogP contribution in [-0.4, -0.2) is 9.97 Å². The zero-order valence-corrected chi connectivity index (χ0v) is 31.9. The number of benzene rings is 7. The van der Waals surface area contributed by atoms with Gasteiger partial charge in [0.05, 0.1) is 11.4 Å². The molecule has 274 valence electrons. The van der Waals surface area contributed by atoms with Crippen LogP contribution in [0.15, 0.2) is 176 Å². The van der Waals surface area contributed by atoms with Gasteiger partial charge in [0.1, 0.15) is 5.75 Å². The Morgan fingerprint density at radius 2 is 1.05 bits per heavy atom. The van der Waals surface area contributed by atoms with E-state index in [2.05, 4.69) is 170 Å². The summed E-state index contributed by atoms with van der Waals surface area (Å²) in [5.74, 6) is 1.67. The van der Waals surface area contributed by atoms with Crippen molar-refractivity contribution in [2.75, 3.05) is 0 Å². The summed E-state index contributed by atoms with van der Waals surface area (Å²) in [5, 5.41) is 2.43. The normalized spacial score (nSPS) is 17.7. The first kappa shape index (κ1) is 33.7. The molecule has 3 aliphatic rings. The number of ether oxygens (including phenoxy) is 1. The maximum Gasteiger partial charge on any atom is 0.178 e. The smallest absolute Gasteiger partial charge is 0.178 e. The zero-order valence-electron chi connectivity index (χ0n) is 31.9. The number of fused-ring (bicyclic) bond motifs is 10. The average Bonchev–Trinajstić information content (AvgIpc) is 3.38. The Morgan fingerprint density at radius 1 is 0.491 bits per heavy atom. The van der Waals surface area contributed by atoms with Gasteiger partial charge in [0.15, 0.2) is 11.4 Å². The van der Waals surface area contributed by atoms with Crippen molar-refractivity contribution < 1.29 is 4.74 Å². The standard InChI is InChI=1S/C54H42N2O/c1-2-17-34-53(33-16-1)46-27-15-14-26-44(46)49-42-24-12-13-25-43(42)51-45(50(49)53)32-35-54(57-51,40-22-10-5-11-23-40)41-30-28-39(29-31-41)52-55-47(37-18-6-3-7-19-37)36-48(56-52)38-20-8-4-9-21-38/h3-15,18-32,35-36H,1-2,16-17,33-34H2. The van der Waals surface area contributed by atoms with Crippen LogP contribution >= 0.6 is 0 Å². The third kappa shape index (κ3) is 5.40. The molecular formula is C54H42N2O. The van der Waals surface area contributed by atoms with E-state index in [-0.39, 0.29) is 5.41 Å². The van der Waals surface area contributed by atoms with Crippen LogP contribution in [-0.2, 0) is 11.0 Å². The Kier molecular flexibility index (Phi) is 8.03. The fourth-order valence-corrected chi connectivity index (χ4v) is 10.1. The molecule has 11 rings (SSSR count). The largest absolute Gasteiger partial charge is 0.472 e. The van der Waals surface area contributed by atoms with E-state index in [1.807, 2.05) is 12.1 Å². The Morgan fingerprint density at radius 3 is 1.72 bits per heavy atom. The van der Waals surface area contributed by atoms with Gasteiger partial charge in [0.25, 0.3) is 0 Å². The summed E-state index contributed by atoms with van der Waals surface area (Å²) in [7, 11) is 0. The van der Waals surface area contributed by atoms with E-state index in [9.17, 15) is 0 Å². The number of nitrogens with zero attached hydrogens (tertiary/aromatic N) is 2. The fourth-order valence-electron chi connectivity index (χ4n) is 10.1. The van der Waals surface area contributed by atoms with Gasteiger partial charge in [0.2, 0.25) is 0 Å². The summed E-state index contributed by atoms with van der Waals surface area (Å²) in [6.07, 6.45) is 12.1. The Hall–Kier alpha value is -6.58. The second-order valence-electron chi connectivity index (χ2n) is 15.9. The van der Waals surface area contributed by atoms with Crippen LogP contribution in [0, 0.1) is 0 Å². The fraction of sp³-hybridized carbons (Fsp3) is 0.148. The average molecular weight is 735 g/mol. The first-order chi connectivity index (χ1) is 28.2. The Balaban J connectivity index is 1.08. The van der Waals surface area contributed by atoms with E-state index in [1.165, 1.54) is 71.7 Å². The minimum absolute atomic E-state index is 0.0223. The minimum atomic E-state index is -0.853. The van der Waals surface area contributed by atoms with Gasteiger partial charge in [-0.3, -0.25) is 0 Å². The van der Waals surface area contributed by atoms with Gasteiger partial charge in [-0.15, -0.1) is 0 Å². The van der Waals surface area contributed by atoms with Gasteiger partial charge in [-0.25, -0.2) is 9.97 Å². The predicted molar refractivity (Wildman–Crippen MR) is 233 cm³/mol. The molecule has 0 radical (unpaired) electrons. The van der Waals surface area contributed by atoms with Gasteiger partial charge in [0, 0.05) is 44.2 Å². The van der Waals surface area contributed by atoms with E-state index < -0.39 is 5.60 Å². The SMILES string of the molecule is C1=CC(c2ccccc2)(c2ccc(-c3nc(-c4ccccc4)cc(-c4ccccc4)n3)cc2)Oc2c1c1c(c3ccccc23)-c2ccccc2C12CCCCCC2. The highest BCUT2D eigenvalue weighted by molar-refractivity contribution is 6.08. The molecule has 1 saturated carbocycles. The number of rotatable bonds is 5. The summed E-state index contributed by atoms with van der Waals surface area (Å²) < 4.78 is 7.68. The molecule has 7 aromatic carbocycles. The molecule has 2 aliphatic carbocycles. The van der Waals surface area contributed by atoms with Crippen LogP contribution in [0.3, 0.4) is 0 Å². The molecule has 1 atom stereocenters. The summed E-state index contributed by atoms with van der Waals surface area (Å²) >= 11 is 0. The van der Waals surface area contributed by atoms with E-state index in [0.717, 1.165) is 50.3 Å². The van der Waals surface area contributed by atoms with Crippen LogP contribution in [0.1, 0.15) is 66.3 Å². The van der Waals surface area contributed by atoms with Gasteiger partial charge >= 0.3 is 0 Å². The highest BCUT2D eigenvalue weighted by Crippen LogP contribution is 2.61. The third-order valence-corrected chi connectivity index (χ3v) is 12.7. The molecule has 3 heteroatoms. The van der Waals surface area contributed by atoms with Crippen molar-refractivity contribution in [2.24, 2.45) is 0 Å². The zero-order chi connectivity index (χ0) is 37.8. The van der Waals surface area contributed by atoms with Crippen LogP contribution in [0.4, 0.5) is 0 Å². The van der Waals surface area contributed by atoms with Crippen molar-refractivity contribution in [1.82, 2.24) is 9.97 Å². The lowest BCUT2D eigenvalue weighted by molar-refractivity contribution is 0.163. The van der Waals surface area contributed by atoms with Crippen molar-refractivity contribution >= 4 is 16.8 Å². The quantitative estimate of drug-likeness (QED) is 0.177. The molecule has 1 aromatic heterocycles. The second-order valence-corrected chi connectivity index (χ2v) is 15.9. The molecule has 0 saturated heterocycles. The maximum atomic E-state index is 7.68. The highest BCUT2D eigenvalue weighted by atomic mass is 16.5. The van der Waals surface area contributed by atoms with E-state index >= 15 is 0 Å². The third-order valence-electron chi connectivity index (χ3n) is 12.7. The number of hydrogen-bond acceptors (Lipinski definition) is 3. The van der Waals surface area contributed by atoms with Crippen molar-refractivity contribution in [3.63, 3.8) is 0 Å². The summed E-state index contributed by atoms with van der Waals surface area (Å²) in [5.41, 5.74) is 13.1. The van der Waals surface area contributed by atoms with Crippen LogP contribution in [0.5, 0.6) is 5.75 Å². The summed E-state index contributed by atoms with van der Waals surface area (Å²) in [6.45, 7) is 0. The molecule has 8 aromatic rings. The molecular weight excluding hydrogens is 693 g/mol. The minimum Gasteiger partial charge on any atom is -0.472 e. The topological polar surface area (TPSA) is 35.0 Å². The number of hydrogen-bond donors (Lipinski definition) is 0. The van der Waals surface area contributed by atoms with Gasteiger partial charge < -0.3 is 4.74 Å². The second kappa shape index (κ2) is 13.6. The van der Waals surface area contributed by atoms with Crippen molar-refractivity contribution in [3.05, 3.63) is 204 Å².